The molecule has 2 heterocycles. The molecule has 1 unspecified atom stereocenters. The van der Waals surface area contributed by atoms with Gasteiger partial charge in [0.05, 0.1) is 11.4 Å². The molecule has 1 aliphatic heterocycles. The number of aliphatic carboxylic acids is 1. The zero-order valence-electron chi connectivity index (χ0n) is 21.1. The van der Waals surface area contributed by atoms with E-state index in [1.54, 1.807) is 68.5 Å². The molecule has 194 valence electrons. The molecule has 1 saturated heterocycles. The number of ether oxygens (including phenoxy) is 1. The Hall–Kier alpha value is -3.69. The summed E-state index contributed by atoms with van der Waals surface area (Å²) in [4.78, 5) is 40.5. The number of carboxylic acid groups (broad SMARTS) is 1. The van der Waals surface area contributed by atoms with E-state index in [0.29, 0.717) is 22.5 Å². The van der Waals surface area contributed by atoms with Crippen molar-refractivity contribution in [1.82, 2.24) is 4.90 Å². The van der Waals surface area contributed by atoms with Crippen LogP contribution in [0.2, 0.25) is 0 Å². The number of likely N-dealkylation sites (tertiary alicyclic amines) is 1. The Labute approximate surface area is 220 Å². The normalized spacial score (nSPS) is 14.7. The Bertz CT molecular complexity index is 1260. The highest BCUT2D eigenvalue weighted by Crippen LogP contribution is 2.32. The third kappa shape index (κ3) is 6.75. The van der Waals surface area contributed by atoms with Crippen molar-refractivity contribution in [1.29, 1.82) is 0 Å². The molecule has 0 spiro atoms. The lowest BCUT2D eigenvalue weighted by atomic mass is 10.0. The van der Waals surface area contributed by atoms with Crippen LogP contribution < -0.4 is 10.6 Å². The first-order chi connectivity index (χ1) is 17.6. The van der Waals surface area contributed by atoms with E-state index in [9.17, 15) is 19.5 Å². The standard InChI is InChI=1S/C28H31N3O5S/c1-28(2,3)36-27(35)30-21-13-12-20(23-7-6-16-37-23)17-22(21)29-25(32)19-10-8-18(9-11-19)24(26(33)34)31-14-4-5-15-31/h6-13,16-17,24H,4-5,14-15H2,1-3H3,(H,29,32)(H,30,35)(H,33,34). The van der Waals surface area contributed by atoms with Crippen molar-refractivity contribution in [3.8, 4) is 10.4 Å². The summed E-state index contributed by atoms with van der Waals surface area (Å²) < 4.78 is 5.37. The molecule has 3 N–H and O–H groups in total. The maximum absolute atomic E-state index is 13.2. The van der Waals surface area contributed by atoms with Gasteiger partial charge in [-0.25, -0.2) is 4.79 Å². The number of anilines is 2. The smallest absolute Gasteiger partial charge is 0.412 e. The maximum atomic E-state index is 13.2. The number of nitrogens with one attached hydrogen (secondary N) is 2. The number of carbonyl (C=O) groups is 3. The van der Waals surface area contributed by atoms with Crippen LogP contribution in [-0.2, 0) is 9.53 Å². The predicted molar refractivity (Wildman–Crippen MR) is 145 cm³/mol. The highest BCUT2D eigenvalue weighted by molar-refractivity contribution is 7.13. The molecule has 3 aromatic rings. The number of nitrogens with zero attached hydrogens (tertiary/aromatic N) is 1. The molecule has 2 aromatic carbocycles. The molecule has 8 nitrogen and oxygen atoms in total. The molecule has 2 amide bonds. The number of benzene rings is 2. The molecular weight excluding hydrogens is 490 g/mol. The Morgan fingerprint density at radius 1 is 0.973 bits per heavy atom. The quantitative estimate of drug-likeness (QED) is 0.340. The number of hydrogen-bond donors (Lipinski definition) is 3. The van der Waals surface area contributed by atoms with Gasteiger partial charge in [-0.05, 0) is 93.5 Å². The van der Waals surface area contributed by atoms with E-state index < -0.39 is 23.7 Å². The van der Waals surface area contributed by atoms with Crippen LogP contribution in [0.4, 0.5) is 16.2 Å². The van der Waals surface area contributed by atoms with Crippen LogP contribution in [0.1, 0.15) is 55.6 Å². The predicted octanol–water partition coefficient (Wildman–Crippen LogP) is 6.24. The van der Waals surface area contributed by atoms with Crippen molar-refractivity contribution >= 4 is 40.7 Å². The van der Waals surface area contributed by atoms with E-state index in [0.717, 1.165) is 36.4 Å². The largest absolute Gasteiger partial charge is 0.480 e. The Balaban J connectivity index is 1.56. The third-order valence-corrected chi connectivity index (χ3v) is 6.86. The second-order valence-electron chi connectivity index (χ2n) is 9.92. The van der Waals surface area contributed by atoms with Gasteiger partial charge in [0, 0.05) is 10.4 Å². The summed E-state index contributed by atoms with van der Waals surface area (Å²) in [6.07, 6.45) is 1.33. The molecule has 4 rings (SSSR count). The highest BCUT2D eigenvalue weighted by Gasteiger charge is 2.29. The fourth-order valence-corrected chi connectivity index (χ4v) is 5.01. The first kappa shape index (κ1) is 26.4. The van der Waals surface area contributed by atoms with E-state index in [4.69, 9.17) is 4.74 Å². The number of thiophene rings is 1. The third-order valence-electron chi connectivity index (χ3n) is 5.94. The summed E-state index contributed by atoms with van der Waals surface area (Å²) >= 11 is 1.57. The lowest BCUT2D eigenvalue weighted by Gasteiger charge is -2.24. The van der Waals surface area contributed by atoms with E-state index in [-0.39, 0.29) is 5.91 Å². The topological polar surface area (TPSA) is 108 Å². The van der Waals surface area contributed by atoms with Gasteiger partial charge >= 0.3 is 12.1 Å². The first-order valence-electron chi connectivity index (χ1n) is 12.2. The molecule has 1 aromatic heterocycles. The molecule has 0 bridgehead atoms. The lowest BCUT2D eigenvalue weighted by Crippen LogP contribution is -2.31. The Morgan fingerprint density at radius 3 is 2.27 bits per heavy atom. The second-order valence-corrected chi connectivity index (χ2v) is 10.9. The van der Waals surface area contributed by atoms with E-state index >= 15 is 0 Å². The minimum Gasteiger partial charge on any atom is -0.480 e. The number of carboxylic acids is 1. The van der Waals surface area contributed by atoms with Gasteiger partial charge in [0.15, 0.2) is 0 Å². The van der Waals surface area contributed by atoms with Crippen molar-refractivity contribution in [2.45, 2.75) is 45.3 Å². The maximum Gasteiger partial charge on any atom is 0.412 e. The van der Waals surface area contributed by atoms with Crippen molar-refractivity contribution in [3.05, 3.63) is 71.1 Å². The van der Waals surface area contributed by atoms with Crippen molar-refractivity contribution in [2.24, 2.45) is 0 Å². The van der Waals surface area contributed by atoms with Gasteiger partial charge in [0.1, 0.15) is 11.6 Å². The summed E-state index contributed by atoms with van der Waals surface area (Å²) in [6, 6.07) is 15.2. The van der Waals surface area contributed by atoms with Gasteiger partial charge in [0.2, 0.25) is 0 Å². The zero-order valence-corrected chi connectivity index (χ0v) is 21.9. The van der Waals surface area contributed by atoms with Gasteiger partial charge in [0.25, 0.3) is 5.91 Å². The zero-order chi connectivity index (χ0) is 26.6. The monoisotopic (exact) mass is 521 g/mol. The molecular formula is C28H31N3O5S. The van der Waals surface area contributed by atoms with E-state index in [1.807, 2.05) is 28.5 Å². The van der Waals surface area contributed by atoms with E-state index in [2.05, 4.69) is 10.6 Å². The van der Waals surface area contributed by atoms with Crippen molar-refractivity contribution in [2.75, 3.05) is 23.7 Å². The van der Waals surface area contributed by atoms with Crippen LogP contribution >= 0.6 is 11.3 Å². The number of amides is 2. The van der Waals surface area contributed by atoms with Crippen LogP contribution in [0.3, 0.4) is 0 Å². The average Bonchev–Trinajstić information content (AvgIpc) is 3.54. The van der Waals surface area contributed by atoms with Crippen LogP contribution in [-0.4, -0.2) is 46.7 Å². The number of rotatable bonds is 7. The highest BCUT2D eigenvalue weighted by atomic mass is 32.1. The molecule has 0 aliphatic carbocycles. The molecule has 1 fully saturated rings. The van der Waals surface area contributed by atoms with Gasteiger partial charge in [-0.2, -0.15) is 0 Å². The van der Waals surface area contributed by atoms with Gasteiger partial charge in [-0.15, -0.1) is 11.3 Å². The minimum absolute atomic E-state index is 0.374. The van der Waals surface area contributed by atoms with Crippen molar-refractivity contribution in [3.63, 3.8) is 0 Å². The molecule has 37 heavy (non-hydrogen) atoms. The van der Waals surface area contributed by atoms with Crippen LogP contribution in [0, 0.1) is 0 Å². The fraction of sp³-hybridized carbons (Fsp3) is 0.321. The summed E-state index contributed by atoms with van der Waals surface area (Å²) in [5, 5.41) is 17.4. The summed E-state index contributed by atoms with van der Waals surface area (Å²) in [6.45, 7) is 6.81. The number of carbonyl (C=O) groups excluding carboxylic acids is 2. The first-order valence-corrected chi connectivity index (χ1v) is 13.0. The van der Waals surface area contributed by atoms with E-state index in [1.165, 1.54) is 0 Å². The van der Waals surface area contributed by atoms with Gasteiger partial charge in [-0.1, -0.05) is 24.3 Å². The molecule has 1 aliphatic rings. The fourth-order valence-electron chi connectivity index (χ4n) is 4.29. The van der Waals surface area contributed by atoms with Crippen LogP contribution in [0.15, 0.2) is 60.0 Å². The molecule has 0 radical (unpaired) electrons. The SMILES string of the molecule is CC(C)(C)OC(=O)Nc1ccc(-c2cccs2)cc1NC(=O)c1ccc(C(C(=O)O)N2CCCC2)cc1. The molecule has 9 heteroatoms. The molecule has 1 atom stereocenters. The Kier molecular flexibility index (Phi) is 7.94. The summed E-state index contributed by atoms with van der Waals surface area (Å²) in [5.41, 5.74) is 2.06. The second kappa shape index (κ2) is 11.1. The van der Waals surface area contributed by atoms with Crippen molar-refractivity contribution < 1.29 is 24.2 Å². The summed E-state index contributed by atoms with van der Waals surface area (Å²) in [5.74, 6) is -1.28. The van der Waals surface area contributed by atoms with Gasteiger partial charge in [-0.3, -0.25) is 19.8 Å². The number of hydrogen-bond acceptors (Lipinski definition) is 6. The molecule has 0 saturated carbocycles. The van der Waals surface area contributed by atoms with Gasteiger partial charge < -0.3 is 15.2 Å². The average molecular weight is 522 g/mol. The minimum atomic E-state index is -0.901. The van der Waals surface area contributed by atoms with Crippen LogP contribution in [0.5, 0.6) is 0 Å². The Morgan fingerprint density at radius 2 is 1.68 bits per heavy atom. The lowest BCUT2D eigenvalue weighted by molar-refractivity contribution is -0.143. The summed E-state index contributed by atoms with van der Waals surface area (Å²) in [7, 11) is 0. The van der Waals surface area contributed by atoms with Crippen LogP contribution in [0.25, 0.3) is 10.4 Å².